The SMILES string of the molecule is CCCCCCC[C@H]1C[C@H]2COCC(=C=C(c3ccccc3)c3ccccc3)[C@]21O. The van der Waals surface area contributed by atoms with Gasteiger partial charge in [0, 0.05) is 17.1 Å². The van der Waals surface area contributed by atoms with Crippen LogP contribution >= 0.6 is 0 Å². The topological polar surface area (TPSA) is 29.5 Å². The van der Waals surface area contributed by atoms with Gasteiger partial charge in [0.1, 0.15) is 5.60 Å². The first kappa shape index (κ1) is 21.1. The third-order valence-corrected chi connectivity index (χ3v) is 6.92. The number of benzene rings is 2. The lowest BCUT2D eigenvalue weighted by Gasteiger charge is -2.55. The van der Waals surface area contributed by atoms with Crippen LogP contribution in [0.5, 0.6) is 0 Å². The first-order chi connectivity index (χ1) is 14.7. The molecule has 1 heterocycles. The second-order valence-corrected chi connectivity index (χ2v) is 8.88. The summed E-state index contributed by atoms with van der Waals surface area (Å²) in [7, 11) is 0. The molecule has 2 aliphatic rings. The Morgan fingerprint density at radius 3 is 2.23 bits per heavy atom. The van der Waals surface area contributed by atoms with Gasteiger partial charge >= 0.3 is 0 Å². The van der Waals surface area contributed by atoms with Crippen LogP contribution in [0.2, 0.25) is 0 Å². The van der Waals surface area contributed by atoms with E-state index in [1.165, 1.54) is 32.1 Å². The first-order valence-corrected chi connectivity index (χ1v) is 11.6. The Hall–Kier alpha value is -2.12. The summed E-state index contributed by atoms with van der Waals surface area (Å²) in [6.07, 6.45) is 8.55. The first-order valence-electron chi connectivity index (χ1n) is 11.6. The predicted molar refractivity (Wildman–Crippen MR) is 123 cm³/mol. The lowest BCUT2D eigenvalue weighted by molar-refractivity contribution is -0.175. The zero-order valence-electron chi connectivity index (χ0n) is 18.1. The molecule has 2 fully saturated rings. The summed E-state index contributed by atoms with van der Waals surface area (Å²) in [5.74, 6) is 0.547. The Labute approximate surface area is 181 Å². The van der Waals surface area contributed by atoms with Gasteiger partial charge in [-0.1, -0.05) is 99.7 Å². The molecule has 3 atom stereocenters. The van der Waals surface area contributed by atoms with Crippen molar-refractivity contribution < 1.29 is 9.84 Å². The number of rotatable bonds is 8. The van der Waals surface area contributed by atoms with Gasteiger partial charge in [0.05, 0.1) is 13.2 Å². The molecule has 30 heavy (non-hydrogen) atoms. The van der Waals surface area contributed by atoms with E-state index in [9.17, 15) is 5.11 Å². The summed E-state index contributed by atoms with van der Waals surface area (Å²) in [6, 6.07) is 20.8. The Morgan fingerprint density at radius 1 is 0.967 bits per heavy atom. The molecule has 0 radical (unpaired) electrons. The van der Waals surface area contributed by atoms with Gasteiger partial charge in [0.25, 0.3) is 0 Å². The second kappa shape index (κ2) is 9.79. The number of fused-ring (bicyclic) bond motifs is 1. The van der Waals surface area contributed by atoms with Gasteiger partial charge in [-0.25, -0.2) is 0 Å². The van der Waals surface area contributed by atoms with Gasteiger partial charge in [-0.15, -0.1) is 5.73 Å². The number of ether oxygens (including phenoxy) is 1. The lowest BCUT2D eigenvalue weighted by Crippen LogP contribution is -2.61. The van der Waals surface area contributed by atoms with E-state index < -0.39 is 5.60 Å². The van der Waals surface area contributed by atoms with Gasteiger partial charge in [0.15, 0.2) is 0 Å². The van der Waals surface area contributed by atoms with Crippen LogP contribution in [0, 0.1) is 11.8 Å². The van der Waals surface area contributed by atoms with Crippen molar-refractivity contribution in [1.82, 2.24) is 0 Å². The lowest BCUT2D eigenvalue weighted by atomic mass is 9.55. The van der Waals surface area contributed by atoms with E-state index in [0.29, 0.717) is 19.1 Å². The van der Waals surface area contributed by atoms with E-state index in [1.54, 1.807) is 0 Å². The average molecular weight is 403 g/mol. The molecular formula is C28H34O2. The molecule has 158 valence electrons. The molecule has 0 bridgehead atoms. The van der Waals surface area contributed by atoms with Crippen molar-refractivity contribution in [2.24, 2.45) is 11.8 Å². The average Bonchev–Trinajstić information content (AvgIpc) is 2.79. The molecule has 0 aromatic heterocycles. The summed E-state index contributed by atoms with van der Waals surface area (Å²) < 4.78 is 5.89. The van der Waals surface area contributed by atoms with Crippen molar-refractivity contribution in [3.05, 3.63) is 83.1 Å². The Bertz CT molecular complexity index is 838. The monoisotopic (exact) mass is 402 g/mol. The number of hydrogen-bond acceptors (Lipinski definition) is 2. The van der Waals surface area contributed by atoms with Crippen molar-refractivity contribution in [2.75, 3.05) is 13.2 Å². The van der Waals surface area contributed by atoms with Crippen LogP contribution in [0.15, 0.2) is 72.0 Å². The highest BCUT2D eigenvalue weighted by Crippen LogP contribution is 2.53. The highest BCUT2D eigenvalue weighted by atomic mass is 16.5. The van der Waals surface area contributed by atoms with Crippen molar-refractivity contribution in [1.29, 1.82) is 0 Å². The van der Waals surface area contributed by atoms with Crippen LogP contribution in [0.4, 0.5) is 0 Å². The second-order valence-electron chi connectivity index (χ2n) is 8.88. The van der Waals surface area contributed by atoms with Crippen LogP contribution in [0.25, 0.3) is 5.57 Å². The highest BCUT2D eigenvalue weighted by molar-refractivity contribution is 5.79. The third kappa shape index (κ3) is 4.32. The van der Waals surface area contributed by atoms with Gasteiger partial charge in [0.2, 0.25) is 0 Å². The van der Waals surface area contributed by atoms with Gasteiger partial charge < -0.3 is 9.84 Å². The Balaban J connectivity index is 1.67. The number of hydrogen-bond donors (Lipinski definition) is 1. The predicted octanol–water partition coefficient (Wildman–Crippen LogP) is 6.40. The molecule has 2 aromatic rings. The minimum atomic E-state index is -0.752. The minimum absolute atomic E-state index is 0.210. The van der Waals surface area contributed by atoms with E-state index in [2.05, 4.69) is 61.2 Å². The summed E-state index contributed by atoms with van der Waals surface area (Å²) in [4.78, 5) is 0. The third-order valence-electron chi connectivity index (χ3n) is 6.92. The summed E-state index contributed by atoms with van der Waals surface area (Å²) in [6.45, 7) is 3.39. The van der Waals surface area contributed by atoms with Gasteiger partial charge in [-0.2, -0.15) is 0 Å². The van der Waals surface area contributed by atoms with Crippen LogP contribution in [0.3, 0.4) is 0 Å². The fraction of sp³-hybridized carbons (Fsp3) is 0.464. The van der Waals surface area contributed by atoms with Crippen molar-refractivity contribution in [3.8, 4) is 0 Å². The largest absolute Gasteiger partial charge is 0.384 e. The Kier molecular flexibility index (Phi) is 6.89. The molecular weight excluding hydrogens is 368 g/mol. The van der Waals surface area contributed by atoms with E-state index in [0.717, 1.165) is 35.1 Å². The smallest absolute Gasteiger partial charge is 0.103 e. The van der Waals surface area contributed by atoms with Crippen molar-refractivity contribution >= 4 is 5.57 Å². The van der Waals surface area contributed by atoms with Crippen LogP contribution < -0.4 is 0 Å². The normalized spacial score (nSPS) is 25.2. The quantitative estimate of drug-likeness (QED) is 0.409. The summed E-state index contributed by atoms with van der Waals surface area (Å²) in [5.41, 5.74) is 7.13. The molecule has 2 aromatic carbocycles. The van der Waals surface area contributed by atoms with Crippen molar-refractivity contribution in [2.45, 2.75) is 57.5 Å². The standard InChI is InChI=1S/C28H34O2/c1-2-3-4-5-12-17-24-18-25-20-30-21-26(28(24,25)29)19-27(22-13-8-6-9-14-22)23-15-10-7-11-16-23/h6-11,13-16,24-25,29H,2-5,12,17-18,20-21H2,1H3/t24-,25-,28+/m0/s1. The fourth-order valence-corrected chi connectivity index (χ4v) is 5.12. The number of unbranched alkanes of at least 4 members (excludes halogenated alkanes) is 4. The van der Waals surface area contributed by atoms with E-state index in [-0.39, 0.29) is 5.92 Å². The zero-order chi connectivity index (χ0) is 20.8. The van der Waals surface area contributed by atoms with Crippen LogP contribution in [-0.4, -0.2) is 23.9 Å². The maximum Gasteiger partial charge on any atom is 0.103 e. The van der Waals surface area contributed by atoms with Crippen LogP contribution in [-0.2, 0) is 4.74 Å². The van der Waals surface area contributed by atoms with E-state index in [4.69, 9.17) is 4.74 Å². The fourth-order valence-electron chi connectivity index (χ4n) is 5.12. The van der Waals surface area contributed by atoms with Crippen molar-refractivity contribution in [3.63, 3.8) is 0 Å². The molecule has 1 saturated carbocycles. The summed E-state index contributed by atoms with van der Waals surface area (Å²) >= 11 is 0. The van der Waals surface area contributed by atoms with Crippen LogP contribution in [0.1, 0.15) is 63.0 Å². The molecule has 0 spiro atoms. The highest BCUT2D eigenvalue weighted by Gasteiger charge is 2.57. The van der Waals surface area contributed by atoms with Gasteiger partial charge in [-0.05, 0) is 29.9 Å². The minimum Gasteiger partial charge on any atom is -0.384 e. The molecule has 2 nitrogen and oxygen atoms in total. The molecule has 1 saturated heterocycles. The van der Waals surface area contributed by atoms with E-state index >= 15 is 0 Å². The van der Waals surface area contributed by atoms with Gasteiger partial charge in [-0.3, -0.25) is 0 Å². The maximum atomic E-state index is 11.8. The molecule has 1 aliphatic heterocycles. The van der Waals surface area contributed by atoms with E-state index in [1.807, 2.05) is 12.1 Å². The Morgan fingerprint density at radius 2 is 1.60 bits per heavy atom. The summed E-state index contributed by atoms with van der Waals surface area (Å²) in [5, 5.41) is 11.8. The molecule has 0 amide bonds. The molecule has 4 rings (SSSR count). The number of aliphatic hydroxyl groups is 1. The molecule has 1 aliphatic carbocycles. The molecule has 2 heteroatoms. The maximum absolute atomic E-state index is 11.8. The zero-order valence-corrected chi connectivity index (χ0v) is 18.1. The molecule has 0 unspecified atom stereocenters. The molecule has 1 N–H and O–H groups in total.